The highest BCUT2D eigenvalue weighted by molar-refractivity contribution is 5.81. The van der Waals surface area contributed by atoms with Crippen LogP contribution in [0.4, 0.5) is 0 Å². The Balaban J connectivity index is 1.59. The molecule has 0 saturated carbocycles. The first-order chi connectivity index (χ1) is 16.9. The Bertz CT molecular complexity index is 1520. The zero-order valence-corrected chi connectivity index (χ0v) is 19.3. The monoisotopic (exact) mass is 472 g/mol. The lowest BCUT2D eigenvalue weighted by Gasteiger charge is -2.28. The number of methoxy groups -OCH3 is 1. The van der Waals surface area contributed by atoms with Gasteiger partial charge in [0.2, 0.25) is 5.88 Å². The predicted molar refractivity (Wildman–Crippen MR) is 129 cm³/mol. The van der Waals surface area contributed by atoms with Crippen LogP contribution in [-0.2, 0) is 22.5 Å². The van der Waals surface area contributed by atoms with Gasteiger partial charge in [-0.2, -0.15) is 0 Å². The second-order valence-corrected chi connectivity index (χ2v) is 8.60. The van der Waals surface area contributed by atoms with Crippen LogP contribution < -0.4 is 10.3 Å². The number of ether oxygens (including phenoxy) is 2. The first-order valence-electron chi connectivity index (χ1n) is 11.2. The standard InChI is InChI=1S/C27H24N2O6/c1-15-11-23-25(27(33)29(15)10-9-16-7-8-21(30)22(31)12-16)18(14-24(32)34-2)19-13-17-5-3-4-6-20(17)28-26(19)35-23/h3-8,11-13,18,30-31H,9-10,14H2,1-2H3/t18-/m0/s1. The Kier molecular flexibility index (Phi) is 5.64. The minimum absolute atomic E-state index is 0.0238. The number of fused-ring (bicyclic) bond motifs is 3. The number of hydrogen-bond acceptors (Lipinski definition) is 7. The number of pyridine rings is 2. The van der Waals surface area contributed by atoms with E-state index >= 15 is 0 Å². The van der Waals surface area contributed by atoms with Crippen molar-refractivity contribution in [1.29, 1.82) is 0 Å². The van der Waals surface area contributed by atoms with Crippen molar-refractivity contribution in [3.63, 3.8) is 0 Å². The van der Waals surface area contributed by atoms with E-state index in [1.54, 1.807) is 16.7 Å². The Labute approximate surface area is 201 Å². The summed E-state index contributed by atoms with van der Waals surface area (Å²) in [6, 6.07) is 15.9. The normalized spacial score (nSPS) is 14.2. The molecule has 1 atom stereocenters. The van der Waals surface area contributed by atoms with Crippen LogP contribution in [-0.4, -0.2) is 32.8 Å². The lowest BCUT2D eigenvalue weighted by molar-refractivity contribution is -0.140. The molecule has 0 aliphatic carbocycles. The molecular weight excluding hydrogens is 448 g/mol. The highest BCUT2D eigenvalue weighted by atomic mass is 16.5. The number of para-hydroxylation sites is 1. The molecule has 5 rings (SSSR count). The number of aromatic nitrogens is 2. The van der Waals surface area contributed by atoms with E-state index in [4.69, 9.17) is 9.47 Å². The second-order valence-electron chi connectivity index (χ2n) is 8.60. The fraction of sp³-hybridized carbons (Fsp3) is 0.222. The number of hydrogen-bond donors (Lipinski definition) is 2. The van der Waals surface area contributed by atoms with E-state index in [2.05, 4.69) is 4.98 Å². The third-order valence-corrected chi connectivity index (χ3v) is 6.42. The Morgan fingerprint density at radius 2 is 1.91 bits per heavy atom. The number of benzene rings is 2. The summed E-state index contributed by atoms with van der Waals surface area (Å²) >= 11 is 0. The number of carbonyl (C=O) groups is 1. The van der Waals surface area contributed by atoms with Gasteiger partial charge in [-0.05, 0) is 43.2 Å². The lowest BCUT2D eigenvalue weighted by Crippen LogP contribution is -2.31. The van der Waals surface area contributed by atoms with Crippen molar-refractivity contribution in [2.75, 3.05) is 7.11 Å². The van der Waals surface area contributed by atoms with E-state index in [1.807, 2.05) is 37.3 Å². The number of esters is 1. The number of aryl methyl sites for hydroxylation is 2. The van der Waals surface area contributed by atoms with Crippen LogP contribution in [0.3, 0.4) is 0 Å². The van der Waals surface area contributed by atoms with Gasteiger partial charge in [0.1, 0.15) is 5.75 Å². The Hall–Kier alpha value is -4.33. The van der Waals surface area contributed by atoms with Crippen molar-refractivity contribution < 1.29 is 24.5 Å². The molecular formula is C27H24N2O6. The molecule has 0 unspecified atom stereocenters. The van der Waals surface area contributed by atoms with Gasteiger partial charge < -0.3 is 24.3 Å². The number of carbonyl (C=O) groups excluding carboxylic acids is 1. The van der Waals surface area contributed by atoms with E-state index < -0.39 is 11.9 Å². The van der Waals surface area contributed by atoms with Crippen molar-refractivity contribution in [2.24, 2.45) is 0 Å². The van der Waals surface area contributed by atoms with Crippen LogP contribution in [0.2, 0.25) is 0 Å². The summed E-state index contributed by atoms with van der Waals surface area (Å²) in [4.78, 5) is 30.8. The summed E-state index contributed by atoms with van der Waals surface area (Å²) in [6.07, 6.45) is 0.433. The highest BCUT2D eigenvalue weighted by Crippen LogP contribution is 2.44. The van der Waals surface area contributed by atoms with Crippen LogP contribution in [0, 0.1) is 6.92 Å². The quantitative estimate of drug-likeness (QED) is 0.331. The van der Waals surface area contributed by atoms with Crippen molar-refractivity contribution >= 4 is 16.9 Å². The molecule has 0 bridgehead atoms. The largest absolute Gasteiger partial charge is 0.504 e. The summed E-state index contributed by atoms with van der Waals surface area (Å²) in [5, 5.41) is 20.2. The van der Waals surface area contributed by atoms with Crippen LogP contribution >= 0.6 is 0 Å². The summed E-state index contributed by atoms with van der Waals surface area (Å²) in [5.74, 6) is -0.654. The number of nitrogens with zero attached hydrogens (tertiary/aromatic N) is 2. The van der Waals surface area contributed by atoms with Gasteiger partial charge in [-0.1, -0.05) is 24.3 Å². The molecule has 2 aromatic carbocycles. The third-order valence-electron chi connectivity index (χ3n) is 6.42. The van der Waals surface area contributed by atoms with Crippen molar-refractivity contribution in [2.45, 2.75) is 32.2 Å². The second kappa shape index (κ2) is 8.79. The number of phenols is 2. The zero-order valence-electron chi connectivity index (χ0n) is 19.3. The van der Waals surface area contributed by atoms with Crippen molar-refractivity contribution in [1.82, 2.24) is 9.55 Å². The van der Waals surface area contributed by atoms with Gasteiger partial charge in [-0.15, -0.1) is 0 Å². The predicted octanol–water partition coefficient (Wildman–Crippen LogP) is 4.16. The summed E-state index contributed by atoms with van der Waals surface area (Å²) in [6.45, 7) is 2.16. The maximum absolute atomic E-state index is 13.8. The molecule has 4 aromatic rings. The maximum Gasteiger partial charge on any atom is 0.306 e. The molecule has 35 heavy (non-hydrogen) atoms. The average molecular weight is 472 g/mol. The first kappa shape index (κ1) is 22.5. The molecule has 0 fully saturated rings. The Morgan fingerprint density at radius 1 is 1.11 bits per heavy atom. The summed E-state index contributed by atoms with van der Waals surface area (Å²) in [7, 11) is 1.32. The molecule has 2 aromatic heterocycles. The molecule has 8 heteroatoms. The van der Waals surface area contributed by atoms with Crippen molar-refractivity contribution in [3.8, 4) is 23.1 Å². The van der Waals surface area contributed by atoms with Crippen LogP contribution in [0.5, 0.6) is 23.1 Å². The van der Waals surface area contributed by atoms with Gasteiger partial charge in [0.15, 0.2) is 11.5 Å². The SMILES string of the molecule is COC(=O)C[C@H]1c2cc3ccccc3nc2Oc2cc(C)n(CCc3ccc(O)c(O)c3)c(=O)c21. The van der Waals surface area contributed by atoms with Gasteiger partial charge in [0, 0.05) is 35.2 Å². The molecule has 0 spiro atoms. The summed E-state index contributed by atoms with van der Waals surface area (Å²) < 4.78 is 12.7. The van der Waals surface area contributed by atoms with Gasteiger partial charge in [0.25, 0.3) is 5.56 Å². The topological polar surface area (TPSA) is 111 Å². The third kappa shape index (κ3) is 4.07. The van der Waals surface area contributed by atoms with E-state index in [1.165, 1.54) is 19.2 Å². The van der Waals surface area contributed by atoms with Crippen LogP contribution in [0.25, 0.3) is 10.9 Å². The van der Waals surface area contributed by atoms with E-state index in [-0.39, 0.29) is 23.5 Å². The fourth-order valence-corrected chi connectivity index (χ4v) is 4.57. The number of rotatable bonds is 5. The van der Waals surface area contributed by atoms with E-state index in [0.29, 0.717) is 41.4 Å². The maximum atomic E-state index is 13.8. The average Bonchev–Trinajstić information content (AvgIpc) is 2.84. The summed E-state index contributed by atoms with van der Waals surface area (Å²) in [5.41, 5.74) is 3.02. The highest BCUT2D eigenvalue weighted by Gasteiger charge is 2.34. The first-order valence-corrected chi connectivity index (χ1v) is 11.2. The van der Waals surface area contributed by atoms with Gasteiger partial charge in [-0.3, -0.25) is 9.59 Å². The van der Waals surface area contributed by atoms with Gasteiger partial charge in [0.05, 0.1) is 24.6 Å². The minimum Gasteiger partial charge on any atom is -0.504 e. The zero-order chi connectivity index (χ0) is 24.7. The lowest BCUT2D eigenvalue weighted by atomic mass is 9.86. The van der Waals surface area contributed by atoms with Crippen LogP contribution in [0.15, 0.2) is 59.4 Å². The molecule has 8 nitrogen and oxygen atoms in total. The molecule has 1 aliphatic rings. The smallest absolute Gasteiger partial charge is 0.306 e. The van der Waals surface area contributed by atoms with Crippen LogP contribution in [0.1, 0.15) is 34.7 Å². The van der Waals surface area contributed by atoms with Crippen molar-refractivity contribution in [3.05, 3.63) is 87.3 Å². The molecule has 1 aliphatic heterocycles. The van der Waals surface area contributed by atoms with Gasteiger partial charge in [-0.25, -0.2) is 4.98 Å². The molecule has 0 amide bonds. The molecule has 0 saturated heterocycles. The number of aromatic hydroxyl groups is 2. The fourth-order valence-electron chi connectivity index (χ4n) is 4.57. The van der Waals surface area contributed by atoms with E-state index in [9.17, 15) is 19.8 Å². The van der Waals surface area contributed by atoms with Gasteiger partial charge >= 0.3 is 5.97 Å². The molecule has 0 radical (unpaired) electrons. The molecule has 2 N–H and O–H groups in total. The number of phenolic OH excluding ortho intramolecular Hbond substituents is 2. The molecule has 3 heterocycles. The minimum atomic E-state index is -0.574. The Morgan fingerprint density at radius 3 is 2.69 bits per heavy atom. The van der Waals surface area contributed by atoms with E-state index in [0.717, 1.165) is 16.5 Å². The molecule has 178 valence electrons.